The summed E-state index contributed by atoms with van der Waals surface area (Å²) in [5, 5.41) is 3.80. The molecule has 2 amide bonds. The molecule has 0 radical (unpaired) electrons. The molecular weight excluding hydrogens is 240 g/mol. The van der Waals surface area contributed by atoms with E-state index in [1.807, 2.05) is 0 Å². The lowest BCUT2D eigenvalue weighted by Crippen LogP contribution is -2.55. The first-order chi connectivity index (χ1) is 8.58. The van der Waals surface area contributed by atoms with Gasteiger partial charge in [0.1, 0.15) is 18.9 Å². The minimum atomic E-state index is -0.730. The van der Waals surface area contributed by atoms with Gasteiger partial charge in [-0.1, -0.05) is 0 Å². The molecule has 1 aliphatic rings. The Morgan fingerprint density at radius 3 is 2.94 bits per heavy atom. The Hall–Kier alpha value is -2.16. The van der Waals surface area contributed by atoms with E-state index in [0.29, 0.717) is 13.2 Å². The Morgan fingerprint density at radius 1 is 1.56 bits per heavy atom. The van der Waals surface area contributed by atoms with Crippen LogP contribution in [0.4, 0.5) is 5.95 Å². The highest BCUT2D eigenvalue weighted by atomic mass is 16.5. The highest BCUT2D eigenvalue weighted by Gasteiger charge is 2.31. The molecule has 1 unspecified atom stereocenters. The summed E-state index contributed by atoms with van der Waals surface area (Å²) in [7, 11) is 0. The first kappa shape index (κ1) is 12.3. The van der Waals surface area contributed by atoms with Gasteiger partial charge in [-0.2, -0.15) is 0 Å². The third-order valence-electron chi connectivity index (χ3n) is 2.63. The summed E-state index contributed by atoms with van der Waals surface area (Å²) in [6, 6.07) is -0.730. The number of hydrogen-bond donors (Lipinski definition) is 2. The van der Waals surface area contributed by atoms with Crippen molar-refractivity contribution in [3.05, 3.63) is 6.33 Å². The van der Waals surface area contributed by atoms with Crippen LogP contribution in [0.1, 0.15) is 0 Å². The Balaban J connectivity index is 2.04. The van der Waals surface area contributed by atoms with Crippen LogP contribution >= 0.6 is 0 Å². The van der Waals surface area contributed by atoms with Gasteiger partial charge in [-0.05, 0) is 0 Å². The summed E-state index contributed by atoms with van der Waals surface area (Å²) in [5.74, 6) is -0.760. The van der Waals surface area contributed by atoms with Crippen molar-refractivity contribution >= 4 is 17.8 Å². The lowest BCUT2D eigenvalue weighted by molar-refractivity contribution is -0.147. The van der Waals surface area contributed by atoms with E-state index in [2.05, 4.69) is 10.1 Å². The standard InChI is InChI=1S/C9H14N6O3/c10-8(17)6-4-18-2-1-15(6)7(16)3-14-5-12-9(11)13-14/h5-6H,1-4H2,(H2,10,17)(H2,11,13). The molecule has 9 heteroatoms. The lowest BCUT2D eigenvalue weighted by atomic mass is 10.2. The van der Waals surface area contributed by atoms with Gasteiger partial charge in [-0.15, -0.1) is 5.10 Å². The second kappa shape index (κ2) is 5.00. The Labute approximate surface area is 103 Å². The zero-order valence-electron chi connectivity index (χ0n) is 9.65. The topological polar surface area (TPSA) is 129 Å². The molecule has 0 aromatic carbocycles. The molecule has 1 aromatic rings. The van der Waals surface area contributed by atoms with E-state index in [4.69, 9.17) is 16.2 Å². The zero-order valence-corrected chi connectivity index (χ0v) is 9.65. The minimum absolute atomic E-state index is 0.0338. The van der Waals surface area contributed by atoms with Crippen molar-refractivity contribution in [2.75, 3.05) is 25.5 Å². The van der Waals surface area contributed by atoms with Crippen LogP contribution < -0.4 is 11.5 Å². The summed E-state index contributed by atoms with van der Waals surface area (Å²) in [6.07, 6.45) is 1.35. The fraction of sp³-hybridized carbons (Fsp3) is 0.556. The fourth-order valence-corrected chi connectivity index (χ4v) is 1.75. The van der Waals surface area contributed by atoms with Gasteiger partial charge < -0.3 is 21.1 Å². The third-order valence-corrected chi connectivity index (χ3v) is 2.63. The number of nitrogens with two attached hydrogens (primary N) is 2. The second-order valence-corrected chi connectivity index (χ2v) is 3.88. The predicted octanol–water partition coefficient (Wildman–Crippen LogP) is -2.43. The summed E-state index contributed by atoms with van der Waals surface area (Å²) in [6.45, 7) is 0.806. The highest BCUT2D eigenvalue weighted by Crippen LogP contribution is 2.08. The lowest BCUT2D eigenvalue weighted by Gasteiger charge is -2.33. The van der Waals surface area contributed by atoms with E-state index >= 15 is 0 Å². The van der Waals surface area contributed by atoms with Crippen molar-refractivity contribution in [3.63, 3.8) is 0 Å². The number of primary amides is 1. The predicted molar refractivity (Wildman–Crippen MR) is 59.9 cm³/mol. The SMILES string of the molecule is NC(=O)C1COCCN1C(=O)Cn1cnc(N)n1. The van der Waals surface area contributed by atoms with Gasteiger partial charge >= 0.3 is 0 Å². The van der Waals surface area contributed by atoms with Crippen molar-refractivity contribution < 1.29 is 14.3 Å². The second-order valence-electron chi connectivity index (χ2n) is 3.88. The Bertz CT molecular complexity index is 459. The summed E-state index contributed by atoms with van der Waals surface area (Å²) in [5.41, 5.74) is 10.6. The first-order valence-electron chi connectivity index (χ1n) is 5.39. The number of ether oxygens (including phenoxy) is 1. The van der Waals surface area contributed by atoms with Crippen LogP contribution in [0.15, 0.2) is 6.33 Å². The van der Waals surface area contributed by atoms with Crippen LogP contribution in [0.25, 0.3) is 0 Å². The number of nitrogens with zero attached hydrogens (tertiary/aromatic N) is 4. The van der Waals surface area contributed by atoms with Gasteiger partial charge in [-0.25, -0.2) is 9.67 Å². The van der Waals surface area contributed by atoms with Crippen LogP contribution in [0, 0.1) is 0 Å². The molecule has 0 saturated carbocycles. The molecule has 1 aliphatic heterocycles. The van der Waals surface area contributed by atoms with Crippen LogP contribution in [0.3, 0.4) is 0 Å². The summed E-state index contributed by atoms with van der Waals surface area (Å²) < 4.78 is 6.44. The number of nitrogen functional groups attached to an aromatic ring is 1. The molecule has 4 N–H and O–H groups in total. The van der Waals surface area contributed by atoms with Crippen molar-refractivity contribution in [1.29, 1.82) is 0 Å². The van der Waals surface area contributed by atoms with Gasteiger partial charge in [-0.3, -0.25) is 9.59 Å². The molecule has 0 bridgehead atoms. The summed E-state index contributed by atoms with van der Waals surface area (Å²) >= 11 is 0. The number of aromatic nitrogens is 3. The van der Waals surface area contributed by atoms with E-state index in [9.17, 15) is 9.59 Å². The number of rotatable bonds is 3. The van der Waals surface area contributed by atoms with E-state index in [-0.39, 0.29) is 25.0 Å². The third kappa shape index (κ3) is 2.56. The van der Waals surface area contributed by atoms with Gasteiger partial charge in [0.05, 0.1) is 13.2 Å². The maximum atomic E-state index is 12.0. The maximum Gasteiger partial charge on any atom is 0.245 e. The average Bonchev–Trinajstić information content (AvgIpc) is 2.74. The zero-order chi connectivity index (χ0) is 13.1. The number of morpholine rings is 1. The van der Waals surface area contributed by atoms with Crippen LogP contribution in [-0.4, -0.2) is 57.3 Å². The molecule has 1 fully saturated rings. The van der Waals surface area contributed by atoms with Crippen molar-refractivity contribution in [2.45, 2.75) is 12.6 Å². The van der Waals surface area contributed by atoms with Crippen molar-refractivity contribution in [3.8, 4) is 0 Å². The molecule has 0 aliphatic carbocycles. The van der Waals surface area contributed by atoms with E-state index in [0.717, 1.165) is 0 Å². The van der Waals surface area contributed by atoms with Gasteiger partial charge in [0.25, 0.3) is 0 Å². The van der Waals surface area contributed by atoms with Crippen LogP contribution in [0.2, 0.25) is 0 Å². The number of anilines is 1. The van der Waals surface area contributed by atoms with Crippen LogP contribution in [-0.2, 0) is 20.9 Å². The molecule has 0 spiro atoms. The van der Waals surface area contributed by atoms with Gasteiger partial charge in [0.15, 0.2) is 0 Å². The fourth-order valence-electron chi connectivity index (χ4n) is 1.75. The largest absolute Gasteiger partial charge is 0.377 e. The number of hydrogen-bond acceptors (Lipinski definition) is 6. The van der Waals surface area contributed by atoms with Gasteiger partial charge in [0, 0.05) is 6.54 Å². The van der Waals surface area contributed by atoms with Crippen molar-refractivity contribution in [2.24, 2.45) is 5.73 Å². The quantitative estimate of drug-likeness (QED) is 0.617. The summed E-state index contributed by atoms with van der Waals surface area (Å²) in [4.78, 5) is 28.3. The van der Waals surface area contributed by atoms with E-state index in [1.165, 1.54) is 15.9 Å². The monoisotopic (exact) mass is 254 g/mol. The maximum absolute atomic E-state index is 12.0. The van der Waals surface area contributed by atoms with E-state index in [1.54, 1.807) is 0 Å². The molecule has 9 nitrogen and oxygen atoms in total. The van der Waals surface area contributed by atoms with Crippen LogP contribution in [0.5, 0.6) is 0 Å². The Morgan fingerprint density at radius 2 is 2.33 bits per heavy atom. The molecular formula is C9H14N6O3. The Kier molecular flexibility index (Phi) is 3.42. The van der Waals surface area contributed by atoms with Gasteiger partial charge in [0.2, 0.25) is 17.8 Å². The average molecular weight is 254 g/mol. The molecule has 2 rings (SSSR count). The molecule has 98 valence electrons. The molecule has 1 aromatic heterocycles. The highest BCUT2D eigenvalue weighted by molar-refractivity contribution is 5.86. The molecule has 1 saturated heterocycles. The number of carbonyl (C=O) groups excluding carboxylic acids is 2. The smallest absolute Gasteiger partial charge is 0.245 e. The number of carbonyl (C=O) groups is 2. The van der Waals surface area contributed by atoms with Crippen molar-refractivity contribution in [1.82, 2.24) is 19.7 Å². The first-order valence-corrected chi connectivity index (χ1v) is 5.39. The molecule has 1 atom stereocenters. The molecule has 18 heavy (non-hydrogen) atoms. The minimum Gasteiger partial charge on any atom is -0.377 e. The number of amides is 2. The molecule has 2 heterocycles. The van der Waals surface area contributed by atoms with E-state index < -0.39 is 11.9 Å². The normalized spacial score (nSPS) is 19.8.